The van der Waals surface area contributed by atoms with E-state index < -0.39 is 0 Å². The van der Waals surface area contributed by atoms with Crippen LogP contribution in [0.4, 0.5) is 5.69 Å². The molecule has 0 aliphatic carbocycles. The predicted octanol–water partition coefficient (Wildman–Crippen LogP) is 4.03. The summed E-state index contributed by atoms with van der Waals surface area (Å²) >= 11 is 13.0. The summed E-state index contributed by atoms with van der Waals surface area (Å²) < 4.78 is 0.896. The highest BCUT2D eigenvalue weighted by molar-refractivity contribution is 7.20. The maximum absolute atomic E-state index is 12.1. The van der Waals surface area contributed by atoms with Crippen molar-refractivity contribution in [1.29, 1.82) is 0 Å². The molecule has 0 atom stereocenters. The molecule has 0 saturated carbocycles. The topological polar surface area (TPSA) is 41.1 Å². The van der Waals surface area contributed by atoms with Gasteiger partial charge in [0.2, 0.25) is 0 Å². The summed E-state index contributed by atoms with van der Waals surface area (Å²) in [5.74, 6) is -0.255. The lowest BCUT2D eigenvalue weighted by molar-refractivity contribution is 0.102. The Bertz CT molecular complexity index is 598. The molecule has 2 N–H and O–H groups in total. The number of thiophene rings is 1. The quantitative estimate of drug-likeness (QED) is 0.894. The van der Waals surface area contributed by atoms with Gasteiger partial charge in [0.1, 0.15) is 4.34 Å². The highest BCUT2D eigenvalue weighted by Gasteiger charge is 2.14. The van der Waals surface area contributed by atoms with Gasteiger partial charge in [0, 0.05) is 12.2 Å². The second-order valence-corrected chi connectivity index (χ2v) is 6.21. The fourth-order valence-corrected chi connectivity index (χ4v) is 3.12. The van der Waals surface area contributed by atoms with Gasteiger partial charge in [0.15, 0.2) is 0 Å². The summed E-state index contributed by atoms with van der Waals surface area (Å²) in [6.07, 6.45) is 0. The Morgan fingerprint density at radius 1 is 1.32 bits per heavy atom. The monoisotopic (exact) mass is 314 g/mol. The third kappa shape index (κ3) is 3.70. The van der Waals surface area contributed by atoms with Crippen LogP contribution in [0.25, 0.3) is 0 Å². The minimum Gasteiger partial charge on any atom is -0.322 e. The Morgan fingerprint density at radius 2 is 2.11 bits per heavy atom. The Balaban J connectivity index is 2.14. The van der Waals surface area contributed by atoms with Gasteiger partial charge in [-0.25, -0.2) is 0 Å². The van der Waals surface area contributed by atoms with Crippen molar-refractivity contribution in [3.05, 3.63) is 50.1 Å². The normalized spacial score (nSPS) is 10.5. The van der Waals surface area contributed by atoms with Crippen molar-refractivity contribution in [3.8, 4) is 0 Å². The smallest absolute Gasteiger partial charge is 0.258 e. The van der Waals surface area contributed by atoms with E-state index in [1.54, 1.807) is 6.07 Å². The van der Waals surface area contributed by atoms with Gasteiger partial charge in [-0.2, -0.15) is 0 Å². The molecule has 100 valence electrons. The number of halogens is 2. The van der Waals surface area contributed by atoms with Crippen molar-refractivity contribution in [2.75, 3.05) is 12.4 Å². The molecule has 6 heteroatoms. The van der Waals surface area contributed by atoms with Crippen molar-refractivity contribution >= 4 is 46.1 Å². The van der Waals surface area contributed by atoms with Gasteiger partial charge in [0.05, 0.1) is 9.90 Å². The molecule has 19 heavy (non-hydrogen) atoms. The van der Waals surface area contributed by atoms with Gasteiger partial charge in [-0.1, -0.05) is 35.3 Å². The van der Waals surface area contributed by atoms with Crippen LogP contribution in [0.15, 0.2) is 30.3 Å². The summed E-state index contributed by atoms with van der Waals surface area (Å²) in [4.78, 5) is 12.1. The lowest BCUT2D eigenvalue weighted by Gasteiger charge is -2.06. The number of hydrogen-bond donors (Lipinski definition) is 2. The van der Waals surface area contributed by atoms with E-state index in [-0.39, 0.29) is 5.91 Å². The third-order valence-corrected chi connectivity index (χ3v) is 3.95. The van der Waals surface area contributed by atoms with Crippen molar-refractivity contribution in [3.63, 3.8) is 0 Å². The SMILES string of the molecule is CNCc1cccc(NC(=O)c2cc(Cl)sc2Cl)c1. The van der Waals surface area contributed by atoms with E-state index in [4.69, 9.17) is 23.2 Å². The molecule has 0 saturated heterocycles. The minimum absolute atomic E-state index is 0.255. The number of nitrogens with one attached hydrogen (secondary N) is 2. The van der Waals surface area contributed by atoms with Crippen LogP contribution in [0, 0.1) is 0 Å². The van der Waals surface area contributed by atoms with Crippen molar-refractivity contribution in [2.45, 2.75) is 6.54 Å². The van der Waals surface area contributed by atoms with E-state index in [0.29, 0.717) is 14.2 Å². The molecule has 1 aromatic heterocycles. The molecule has 1 heterocycles. The lowest BCUT2D eigenvalue weighted by atomic mass is 10.2. The van der Waals surface area contributed by atoms with E-state index in [9.17, 15) is 4.79 Å². The summed E-state index contributed by atoms with van der Waals surface area (Å²) in [6, 6.07) is 9.20. The number of benzene rings is 1. The van der Waals surface area contributed by atoms with Crippen LogP contribution in [-0.2, 0) is 6.54 Å². The van der Waals surface area contributed by atoms with Crippen LogP contribution in [-0.4, -0.2) is 13.0 Å². The fourth-order valence-electron chi connectivity index (χ4n) is 1.66. The Kier molecular flexibility index (Phi) is 4.82. The molecular formula is C13H12Cl2N2OS. The van der Waals surface area contributed by atoms with Gasteiger partial charge in [-0.05, 0) is 30.8 Å². The van der Waals surface area contributed by atoms with Gasteiger partial charge < -0.3 is 10.6 Å². The number of carbonyl (C=O) groups is 1. The first-order valence-corrected chi connectivity index (χ1v) is 7.17. The molecule has 0 spiro atoms. The second kappa shape index (κ2) is 6.39. The maximum atomic E-state index is 12.1. The van der Waals surface area contributed by atoms with Crippen LogP contribution >= 0.6 is 34.5 Å². The first kappa shape index (κ1) is 14.3. The highest BCUT2D eigenvalue weighted by atomic mass is 35.5. The van der Waals surface area contributed by atoms with Crippen LogP contribution in [0.3, 0.4) is 0 Å². The molecule has 3 nitrogen and oxygen atoms in total. The van der Waals surface area contributed by atoms with Crippen LogP contribution in [0.5, 0.6) is 0 Å². The standard InChI is InChI=1S/C13H12Cl2N2OS/c1-16-7-8-3-2-4-9(5-8)17-13(18)10-6-11(14)19-12(10)15/h2-6,16H,7H2,1H3,(H,17,18). The Labute approximate surface area is 125 Å². The number of hydrogen-bond acceptors (Lipinski definition) is 3. The average Bonchev–Trinajstić information content (AvgIpc) is 2.69. The van der Waals surface area contributed by atoms with Crippen LogP contribution < -0.4 is 10.6 Å². The van der Waals surface area contributed by atoms with E-state index in [1.807, 2.05) is 31.3 Å². The summed E-state index contributed by atoms with van der Waals surface area (Å²) in [5.41, 5.74) is 2.22. The molecule has 0 radical (unpaired) electrons. The number of anilines is 1. The van der Waals surface area contributed by atoms with Gasteiger partial charge >= 0.3 is 0 Å². The third-order valence-electron chi connectivity index (χ3n) is 2.47. The van der Waals surface area contributed by atoms with Gasteiger partial charge in [-0.15, -0.1) is 11.3 Å². The zero-order valence-electron chi connectivity index (χ0n) is 10.2. The minimum atomic E-state index is -0.255. The summed E-state index contributed by atoms with van der Waals surface area (Å²) in [6.45, 7) is 0.745. The zero-order chi connectivity index (χ0) is 13.8. The zero-order valence-corrected chi connectivity index (χ0v) is 12.5. The molecule has 2 rings (SSSR count). The van der Waals surface area contributed by atoms with E-state index in [0.717, 1.165) is 17.8 Å². The lowest BCUT2D eigenvalue weighted by Crippen LogP contribution is -2.12. The van der Waals surface area contributed by atoms with Crippen LogP contribution in [0.1, 0.15) is 15.9 Å². The Morgan fingerprint density at radius 3 is 2.74 bits per heavy atom. The van der Waals surface area contributed by atoms with E-state index >= 15 is 0 Å². The summed E-state index contributed by atoms with van der Waals surface area (Å²) in [5, 5.41) is 5.87. The first-order valence-electron chi connectivity index (χ1n) is 5.60. The van der Waals surface area contributed by atoms with Gasteiger partial charge in [-0.3, -0.25) is 4.79 Å². The molecule has 0 aliphatic rings. The molecule has 0 bridgehead atoms. The first-order chi connectivity index (χ1) is 9.10. The average molecular weight is 315 g/mol. The van der Waals surface area contributed by atoms with E-state index in [2.05, 4.69) is 10.6 Å². The highest BCUT2D eigenvalue weighted by Crippen LogP contribution is 2.31. The van der Waals surface area contributed by atoms with Crippen molar-refractivity contribution < 1.29 is 4.79 Å². The fraction of sp³-hybridized carbons (Fsp3) is 0.154. The van der Waals surface area contributed by atoms with Crippen molar-refractivity contribution in [2.24, 2.45) is 0 Å². The van der Waals surface area contributed by atoms with Gasteiger partial charge in [0.25, 0.3) is 5.91 Å². The molecule has 1 amide bonds. The molecule has 0 unspecified atom stereocenters. The molecule has 2 aromatic rings. The molecule has 1 aromatic carbocycles. The van der Waals surface area contributed by atoms with Crippen molar-refractivity contribution in [1.82, 2.24) is 5.32 Å². The second-order valence-electron chi connectivity index (χ2n) is 3.92. The summed E-state index contributed by atoms with van der Waals surface area (Å²) in [7, 11) is 1.87. The largest absolute Gasteiger partial charge is 0.322 e. The Hall–Kier alpha value is -1.07. The van der Waals surface area contributed by atoms with E-state index in [1.165, 1.54) is 11.3 Å². The number of carbonyl (C=O) groups excluding carboxylic acids is 1. The maximum Gasteiger partial charge on any atom is 0.258 e. The molecule has 0 fully saturated rings. The van der Waals surface area contributed by atoms with Crippen LogP contribution in [0.2, 0.25) is 8.67 Å². The molecular weight excluding hydrogens is 303 g/mol. The number of rotatable bonds is 4. The predicted molar refractivity (Wildman–Crippen MR) is 81.5 cm³/mol. The number of amides is 1. The molecule has 0 aliphatic heterocycles.